The molecule has 0 spiro atoms. The lowest BCUT2D eigenvalue weighted by Crippen LogP contribution is -2.27. The second-order valence-electron chi connectivity index (χ2n) is 8.27. The molecule has 0 bridgehead atoms. The number of carbonyl (C=O) groups excluding carboxylic acids is 1. The number of nitrogens with one attached hydrogen (secondary N) is 3. The molecule has 1 aliphatic rings. The van der Waals surface area contributed by atoms with Crippen molar-refractivity contribution < 1.29 is 18.6 Å². The van der Waals surface area contributed by atoms with Crippen molar-refractivity contribution in [2.24, 2.45) is 0 Å². The fraction of sp³-hybridized carbons (Fsp3) is 0.269. The zero-order valence-electron chi connectivity index (χ0n) is 19.9. The number of hydroxylamine groups is 1. The molecule has 0 aromatic heterocycles. The van der Waals surface area contributed by atoms with Crippen LogP contribution >= 0.6 is 0 Å². The highest BCUT2D eigenvalue weighted by atomic mass is 32.2. The van der Waals surface area contributed by atoms with Gasteiger partial charge in [-0.05, 0) is 41.8 Å². The minimum atomic E-state index is -3.53. The molecule has 35 heavy (non-hydrogen) atoms. The Hall–Kier alpha value is -3.40. The van der Waals surface area contributed by atoms with E-state index >= 15 is 0 Å². The summed E-state index contributed by atoms with van der Waals surface area (Å²) in [5, 5.41) is 3.32. The van der Waals surface area contributed by atoms with Crippen LogP contribution in [0, 0.1) is 4.78 Å². The Kier molecular flexibility index (Phi) is 7.70. The highest BCUT2D eigenvalue weighted by Crippen LogP contribution is 2.41. The Morgan fingerprint density at radius 2 is 1.71 bits per heavy atom. The number of carbonyl (C=O) groups is 1. The van der Waals surface area contributed by atoms with Crippen LogP contribution < -0.4 is 15.5 Å². The van der Waals surface area contributed by atoms with Crippen LogP contribution in [-0.4, -0.2) is 28.1 Å². The van der Waals surface area contributed by atoms with Crippen LogP contribution in [0.2, 0.25) is 0 Å². The predicted molar refractivity (Wildman–Crippen MR) is 136 cm³/mol. The molecular weight excluding hydrogens is 464 g/mol. The maximum absolute atomic E-state index is 14.2. The number of nitrogens with zero attached hydrogens (tertiary/aromatic N) is 1. The van der Waals surface area contributed by atoms with Crippen LogP contribution in [0.1, 0.15) is 41.3 Å². The summed E-state index contributed by atoms with van der Waals surface area (Å²) in [4.78, 5) is 17.6. The van der Waals surface area contributed by atoms with Gasteiger partial charge in [-0.1, -0.05) is 55.8 Å². The third-order valence-electron chi connectivity index (χ3n) is 5.79. The van der Waals surface area contributed by atoms with E-state index in [4.69, 9.17) is 14.4 Å². The molecule has 184 valence electrons. The Morgan fingerprint density at radius 3 is 2.34 bits per heavy atom. The van der Waals surface area contributed by atoms with Gasteiger partial charge in [0.2, 0.25) is 0 Å². The monoisotopic (exact) mass is 494 g/mol. The van der Waals surface area contributed by atoms with Crippen molar-refractivity contribution in [3.8, 4) is 11.5 Å². The Bertz CT molecular complexity index is 1270. The number of hydrogen-bond acceptors (Lipinski definition) is 6. The third-order valence-corrected chi connectivity index (χ3v) is 7.68. The molecule has 0 fully saturated rings. The molecular formula is C26H30N4O4S. The van der Waals surface area contributed by atoms with Crippen molar-refractivity contribution in [3.63, 3.8) is 0 Å². The van der Waals surface area contributed by atoms with Crippen molar-refractivity contribution in [1.29, 1.82) is 4.78 Å². The van der Waals surface area contributed by atoms with E-state index in [1.807, 2.05) is 42.5 Å². The molecule has 3 aromatic carbocycles. The van der Waals surface area contributed by atoms with Gasteiger partial charge >= 0.3 is 0 Å². The van der Waals surface area contributed by atoms with Gasteiger partial charge in [0, 0.05) is 25.2 Å². The van der Waals surface area contributed by atoms with Crippen molar-refractivity contribution >= 4 is 21.5 Å². The lowest BCUT2D eigenvalue weighted by molar-refractivity contribution is 0.0537. The van der Waals surface area contributed by atoms with E-state index in [2.05, 4.69) is 17.7 Å². The van der Waals surface area contributed by atoms with Gasteiger partial charge in [0.1, 0.15) is 20.6 Å². The van der Waals surface area contributed by atoms with E-state index < -0.39 is 15.8 Å². The molecule has 3 N–H and O–H groups in total. The highest BCUT2D eigenvalue weighted by Gasteiger charge is 2.32. The van der Waals surface area contributed by atoms with Gasteiger partial charge in [0.25, 0.3) is 5.91 Å². The van der Waals surface area contributed by atoms with Crippen LogP contribution in [0.15, 0.2) is 71.6 Å². The van der Waals surface area contributed by atoms with Crippen LogP contribution in [0.4, 0.5) is 5.69 Å². The maximum Gasteiger partial charge on any atom is 0.274 e. The Labute approximate surface area is 206 Å². The van der Waals surface area contributed by atoms with Crippen LogP contribution in [-0.2, 0) is 27.8 Å². The second kappa shape index (κ2) is 10.9. The second-order valence-corrected chi connectivity index (χ2v) is 10.3. The standard InChI is InChI=1S/C26H30N4O4S/c1-3-4-14-28-23-15-21(26(31)29-33-2)16-24(25(23)34-22-12-6-5-7-13-22)35(27,32)30-17-19-10-8-9-11-20(19)18-30/h5-13,15-16,27-28H,3-4,14,17-18H2,1-2H3,(H,29,31). The van der Waals surface area contributed by atoms with E-state index in [1.54, 1.807) is 22.5 Å². The number of ether oxygens (including phenoxy) is 1. The van der Waals surface area contributed by atoms with E-state index in [1.165, 1.54) is 13.2 Å². The zero-order chi connectivity index (χ0) is 24.8. The number of unbranched alkanes of at least 4 members (excludes halogenated alkanes) is 1. The van der Waals surface area contributed by atoms with E-state index in [9.17, 15) is 9.00 Å². The molecule has 0 saturated carbocycles. The fourth-order valence-electron chi connectivity index (χ4n) is 3.96. The van der Waals surface area contributed by atoms with Gasteiger partial charge in [-0.3, -0.25) is 9.63 Å². The first kappa shape index (κ1) is 24.7. The smallest absolute Gasteiger partial charge is 0.274 e. The number of benzene rings is 3. The summed E-state index contributed by atoms with van der Waals surface area (Å²) < 4.78 is 31.1. The number of fused-ring (bicyclic) bond motifs is 1. The lowest BCUT2D eigenvalue weighted by atomic mass is 10.1. The summed E-state index contributed by atoms with van der Waals surface area (Å²) in [5.41, 5.74) is 5.10. The summed E-state index contributed by atoms with van der Waals surface area (Å²) in [7, 11) is -2.19. The first-order valence-electron chi connectivity index (χ1n) is 11.5. The fourth-order valence-corrected chi connectivity index (χ4v) is 5.57. The molecule has 1 heterocycles. The zero-order valence-corrected chi connectivity index (χ0v) is 20.7. The minimum Gasteiger partial charge on any atom is -0.454 e. The average Bonchev–Trinajstić information content (AvgIpc) is 3.31. The molecule has 8 nitrogen and oxygen atoms in total. The van der Waals surface area contributed by atoms with Crippen molar-refractivity contribution in [2.75, 3.05) is 19.0 Å². The summed E-state index contributed by atoms with van der Waals surface area (Å²) in [6.45, 7) is 3.45. The Balaban J connectivity index is 1.84. The SMILES string of the molecule is CCCCNc1cc(C(=O)NOC)cc(S(=N)(=O)N2Cc3ccccc3C2)c1Oc1ccccc1. The molecule has 9 heteroatoms. The maximum atomic E-state index is 14.2. The topological polar surface area (TPSA) is 104 Å². The largest absolute Gasteiger partial charge is 0.454 e. The first-order chi connectivity index (χ1) is 16.9. The third kappa shape index (κ3) is 5.48. The quantitative estimate of drug-likeness (QED) is 0.261. The highest BCUT2D eigenvalue weighted by molar-refractivity contribution is 7.90. The number of hydrogen-bond donors (Lipinski definition) is 3. The molecule has 0 aliphatic carbocycles. The number of para-hydroxylation sites is 1. The average molecular weight is 495 g/mol. The molecule has 0 radical (unpaired) electrons. The van der Waals surface area contributed by atoms with Crippen molar-refractivity contribution in [2.45, 2.75) is 37.8 Å². The molecule has 1 aliphatic heterocycles. The van der Waals surface area contributed by atoms with Gasteiger partial charge in [0.05, 0.1) is 12.8 Å². The van der Waals surface area contributed by atoms with Gasteiger partial charge in [-0.2, -0.15) is 0 Å². The van der Waals surface area contributed by atoms with Crippen LogP contribution in [0.5, 0.6) is 11.5 Å². The summed E-state index contributed by atoms with van der Waals surface area (Å²) in [6.07, 6.45) is 1.87. The van der Waals surface area contributed by atoms with E-state index in [0.29, 0.717) is 31.1 Å². The van der Waals surface area contributed by atoms with Crippen LogP contribution in [0.3, 0.4) is 0 Å². The minimum absolute atomic E-state index is 0.136. The van der Waals surface area contributed by atoms with Gasteiger partial charge in [-0.15, -0.1) is 0 Å². The predicted octanol–water partition coefficient (Wildman–Crippen LogP) is 5.32. The molecule has 0 saturated heterocycles. The summed E-state index contributed by atoms with van der Waals surface area (Å²) in [5.74, 6) is 0.317. The molecule has 1 amide bonds. The van der Waals surface area contributed by atoms with Crippen LogP contribution in [0.25, 0.3) is 0 Å². The van der Waals surface area contributed by atoms with E-state index in [0.717, 1.165) is 24.0 Å². The van der Waals surface area contributed by atoms with E-state index in [-0.39, 0.29) is 16.2 Å². The van der Waals surface area contributed by atoms with Gasteiger partial charge < -0.3 is 10.1 Å². The number of amides is 1. The normalized spacial score (nSPS) is 14.7. The van der Waals surface area contributed by atoms with Gasteiger partial charge in [0.15, 0.2) is 5.75 Å². The summed E-state index contributed by atoms with van der Waals surface area (Å²) >= 11 is 0. The van der Waals surface area contributed by atoms with Crippen molar-refractivity contribution in [3.05, 3.63) is 83.4 Å². The lowest BCUT2D eigenvalue weighted by Gasteiger charge is -2.24. The number of rotatable bonds is 10. The number of anilines is 1. The first-order valence-corrected chi connectivity index (χ1v) is 13.0. The molecule has 4 rings (SSSR count). The summed E-state index contributed by atoms with van der Waals surface area (Å²) in [6, 6.07) is 20.1. The molecule has 1 unspecified atom stereocenters. The van der Waals surface area contributed by atoms with Gasteiger partial charge in [-0.25, -0.2) is 18.8 Å². The van der Waals surface area contributed by atoms with Crippen molar-refractivity contribution in [1.82, 2.24) is 9.79 Å². The molecule has 3 aromatic rings. The Morgan fingerprint density at radius 1 is 1.06 bits per heavy atom. The molecule has 1 atom stereocenters.